The number of urea groups is 1. The molecule has 13 heteroatoms. The lowest BCUT2D eigenvalue weighted by Gasteiger charge is -2.60. The fraction of sp³-hybridized carbons (Fsp3) is 0.346. The van der Waals surface area contributed by atoms with Gasteiger partial charge in [0, 0.05) is 68.4 Å². The van der Waals surface area contributed by atoms with E-state index in [9.17, 15) is 22.8 Å². The first-order valence-electron chi connectivity index (χ1n) is 12.3. The lowest BCUT2D eigenvalue weighted by Crippen LogP contribution is -2.67. The highest BCUT2D eigenvalue weighted by molar-refractivity contribution is 6.01. The number of halogens is 3. The van der Waals surface area contributed by atoms with Gasteiger partial charge in [-0.3, -0.25) is 14.5 Å². The van der Waals surface area contributed by atoms with Crippen LogP contribution in [0.2, 0.25) is 0 Å². The summed E-state index contributed by atoms with van der Waals surface area (Å²) in [4.78, 5) is 32.7. The van der Waals surface area contributed by atoms with Gasteiger partial charge in [0.1, 0.15) is 0 Å². The molecule has 4 aromatic rings. The zero-order valence-corrected chi connectivity index (χ0v) is 21.2. The Hall–Kier alpha value is -4.42. The summed E-state index contributed by atoms with van der Waals surface area (Å²) in [6.07, 6.45) is 5.91. The minimum Gasteiger partial charge on any atom is -0.337 e. The van der Waals surface area contributed by atoms with Crippen molar-refractivity contribution in [2.45, 2.75) is 25.1 Å². The predicted molar refractivity (Wildman–Crippen MR) is 135 cm³/mol. The zero-order valence-electron chi connectivity index (χ0n) is 21.2. The molecule has 0 atom stereocenters. The molecular weight excluding hydrogens is 513 g/mol. The van der Waals surface area contributed by atoms with Crippen LogP contribution in [0.15, 0.2) is 55.4 Å². The third kappa shape index (κ3) is 4.47. The molecule has 1 N–H and O–H groups in total. The second kappa shape index (κ2) is 8.82. The maximum atomic E-state index is 13.2. The van der Waals surface area contributed by atoms with Gasteiger partial charge >= 0.3 is 12.2 Å². The van der Waals surface area contributed by atoms with Gasteiger partial charge in [0.05, 0.1) is 40.9 Å². The third-order valence-electron chi connectivity index (χ3n) is 7.65. The molecule has 5 heterocycles. The van der Waals surface area contributed by atoms with Gasteiger partial charge in [0.2, 0.25) is 0 Å². The lowest BCUT2D eigenvalue weighted by atomic mass is 9.60. The van der Waals surface area contributed by atoms with Crippen LogP contribution < -0.4 is 5.32 Å². The Kier molecular flexibility index (Phi) is 5.63. The second-order valence-electron chi connectivity index (χ2n) is 10.4. The Morgan fingerprint density at radius 2 is 1.82 bits per heavy atom. The Labute approximate surface area is 221 Å². The standard InChI is InChI=1S/C26H25F3N8O2/c1-34-12-17(8-31-34)16-3-4-22-21(11-32-37(22)13-16)23(38)36-14-25(15-36)6-20(7-25)35(2)24(39)33-19-5-18(9-30-10-19)26(27,28)29/h3-5,8-13,20H,6-7,14-15H2,1-2H3,(H,33,39). The molecule has 1 saturated heterocycles. The van der Waals surface area contributed by atoms with Crippen LogP contribution in [-0.4, -0.2) is 72.3 Å². The monoisotopic (exact) mass is 538 g/mol. The van der Waals surface area contributed by atoms with Crippen LogP contribution >= 0.6 is 0 Å². The number of nitrogens with zero attached hydrogens (tertiary/aromatic N) is 7. The molecule has 3 amide bonds. The smallest absolute Gasteiger partial charge is 0.337 e. The maximum Gasteiger partial charge on any atom is 0.417 e. The summed E-state index contributed by atoms with van der Waals surface area (Å²) in [6.45, 7) is 1.17. The second-order valence-corrected chi connectivity index (χ2v) is 10.4. The van der Waals surface area contributed by atoms with Gasteiger partial charge in [-0.1, -0.05) is 6.07 Å². The van der Waals surface area contributed by atoms with Crippen molar-refractivity contribution in [3.05, 3.63) is 66.5 Å². The number of hydrogen-bond acceptors (Lipinski definition) is 5. The molecule has 6 rings (SSSR count). The molecule has 4 aromatic heterocycles. The van der Waals surface area contributed by atoms with Crippen molar-refractivity contribution in [3.63, 3.8) is 0 Å². The molecule has 39 heavy (non-hydrogen) atoms. The van der Waals surface area contributed by atoms with E-state index in [2.05, 4.69) is 20.5 Å². The number of hydrogen-bond donors (Lipinski definition) is 1. The van der Waals surface area contributed by atoms with Crippen LogP contribution in [0, 0.1) is 5.41 Å². The van der Waals surface area contributed by atoms with E-state index in [0.29, 0.717) is 37.7 Å². The van der Waals surface area contributed by atoms with E-state index in [4.69, 9.17) is 0 Å². The average molecular weight is 539 g/mol. The first-order valence-corrected chi connectivity index (χ1v) is 12.3. The molecule has 0 radical (unpaired) electrons. The van der Waals surface area contributed by atoms with Gasteiger partial charge < -0.3 is 15.1 Å². The van der Waals surface area contributed by atoms with Crippen molar-refractivity contribution in [1.29, 1.82) is 0 Å². The topological polar surface area (TPSA) is 101 Å². The summed E-state index contributed by atoms with van der Waals surface area (Å²) in [5.41, 5.74) is 2.16. The quantitative estimate of drug-likeness (QED) is 0.425. The number of carbonyl (C=O) groups is 2. The van der Waals surface area contributed by atoms with E-state index in [1.807, 2.05) is 31.6 Å². The van der Waals surface area contributed by atoms with Crippen molar-refractivity contribution >= 4 is 23.1 Å². The van der Waals surface area contributed by atoms with Gasteiger partial charge in [0.15, 0.2) is 0 Å². The molecule has 202 valence electrons. The minimum atomic E-state index is -4.54. The number of pyridine rings is 2. The number of amides is 3. The van der Waals surface area contributed by atoms with E-state index >= 15 is 0 Å². The van der Waals surface area contributed by atoms with Gasteiger partial charge in [-0.15, -0.1) is 0 Å². The molecule has 1 aliphatic carbocycles. The van der Waals surface area contributed by atoms with Gasteiger partial charge in [-0.05, 0) is 25.0 Å². The minimum absolute atomic E-state index is 0.0166. The van der Waals surface area contributed by atoms with Crippen molar-refractivity contribution in [2.24, 2.45) is 12.5 Å². The highest BCUT2D eigenvalue weighted by Gasteiger charge is 2.55. The fourth-order valence-electron chi connectivity index (χ4n) is 5.48. The number of alkyl halides is 3. The van der Waals surface area contributed by atoms with Crippen LogP contribution in [0.25, 0.3) is 16.6 Å². The van der Waals surface area contributed by atoms with E-state index in [1.54, 1.807) is 33.5 Å². The van der Waals surface area contributed by atoms with Crippen LogP contribution in [0.5, 0.6) is 0 Å². The molecule has 1 aliphatic heterocycles. The van der Waals surface area contributed by atoms with Crippen molar-refractivity contribution < 1.29 is 22.8 Å². The Morgan fingerprint density at radius 1 is 1.05 bits per heavy atom. The average Bonchev–Trinajstić information content (AvgIpc) is 3.47. The van der Waals surface area contributed by atoms with E-state index < -0.39 is 17.8 Å². The Morgan fingerprint density at radius 3 is 2.51 bits per heavy atom. The van der Waals surface area contributed by atoms with Crippen molar-refractivity contribution in [2.75, 3.05) is 25.5 Å². The summed E-state index contributed by atoms with van der Waals surface area (Å²) in [7, 11) is 3.47. The number of aryl methyl sites for hydroxylation is 1. The van der Waals surface area contributed by atoms with Crippen LogP contribution in [-0.2, 0) is 13.2 Å². The molecule has 2 aliphatic rings. The Balaban J connectivity index is 1.04. The highest BCUT2D eigenvalue weighted by Crippen LogP contribution is 2.50. The number of nitrogens with one attached hydrogen (secondary N) is 1. The van der Waals surface area contributed by atoms with Gasteiger partial charge in [0.25, 0.3) is 5.91 Å². The normalized spacial score (nSPS) is 16.7. The number of rotatable bonds is 4. The largest absolute Gasteiger partial charge is 0.417 e. The van der Waals surface area contributed by atoms with E-state index in [1.165, 1.54) is 11.1 Å². The number of aromatic nitrogens is 5. The molecule has 0 bridgehead atoms. The summed E-state index contributed by atoms with van der Waals surface area (Å²) < 4.78 is 42.2. The number of fused-ring (bicyclic) bond motifs is 1. The first-order chi connectivity index (χ1) is 18.5. The number of anilines is 1. The maximum absolute atomic E-state index is 13.2. The number of carbonyl (C=O) groups excluding carboxylic acids is 2. The molecule has 0 aromatic carbocycles. The third-order valence-corrected chi connectivity index (χ3v) is 7.65. The van der Waals surface area contributed by atoms with Crippen LogP contribution in [0.3, 0.4) is 0 Å². The molecule has 2 fully saturated rings. The van der Waals surface area contributed by atoms with Gasteiger partial charge in [-0.25, -0.2) is 9.31 Å². The molecule has 1 saturated carbocycles. The summed E-state index contributed by atoms with van der Waals surface area (Å²) in [5, 5.41) is 11.1. The number of likely N-dealkylation sites (tertiary alicyclic amines) is 1. The summed E-state index contributed by atoms with van der Waals surface area (Å²) >= 11 is 0. The fourth-order valence-corrected chi connectivity index (χ4v) is 5.48. The van der Waals surface area contributed by atoms with Crippen LogP contribution in [0.4, 0.5) is 23.7 Å². The molecule has 1 spiro atoms. The first kappa shape index (κ1) is 24.9. The zero-order chi connectivity index (χ0) is 27.5. The predicted octanol–water partition coefficient (Wildman–Crippen LogP) is 3.92. The summed E-state index contributed by atoms with van der Waals surface area (Å²) in [5.74, 6) is -0.0867. The SMILES string of the molecule is CN(C(=O)Nc1cncc(C(F)(F)F)c1)C1CC2(C1)CN(C(=O)c1cnn3cc(-c4cnn(C)c4)ccc13)C2. The Bertz CT molecular complexity index is 1580. The van der Waals surface area contributed by atoms with Crippen molar-refractivity contribution in [3.8, 4) is 11.1 Å². The summed E-state index contributed by atoms with van der Waals surface area (Å²) in [6, 6.07) is 4.11. The lowest BCUT2D eigenvalue weighted by molar-refractivity contribution is -0.137. The van der Waals surface area contributed by atoms with E-state index in [-0.39, 0.29) is 23.1 Å². The van der Waals surface area contributed by atoms with Crippen LogP contribution in [0.1, 0.15) is 28.8 Å². The van der Waals surface area contributed by atoms with Gasteiger partial charge in [-0.2, -0.15) is 23.4 Å². The highest BCUT2D eigenvalue weighted by atomic mass is 19.4. The van der Waals surface area contributed by atoms with Crippen molar-refractivity contribution in [1.82, 2.24) is 34.2 Å². The molecule has 10 nitrogen and oxygen atoms in total. The molecular formula is C26H25F3N8O2. The van der Waals surface area contributed by atoms with E-state index in [0.717, 1.165) is 22.7 Å². The molecule has 0 unspecified atom stereocenters.